The van der Waals surface area contributed by atoms with Crippen LogP contribution < -0.4 is 5.73 Å². The van der Waals surface area contributed by atoms with E-state index in [0.717, 1.165) is 23.2 Å². The molecule has 1 heterocycles. The number of halogens is 2. The predicted octanol–water partition coefficient (Wildman–Crippen LogP) is 4.81. The Balaban J connectivity index is 0.00000176. The zero-order valence-corrected chi connectivity index (χ0v) is 13.8. The van der Waals surface area contributed by atoms with E-state index in [-0.39, 0.29) is 18.2 Å². The Morgan fingerprint density at radius 1 is 1.23 bits per heavy atom. The smallest absolute Gasteiger partial charge is 0.123 e. The van der Waals surface area contributed by atoms with Crippen LogP contribution in [0.5, 0.6) is 0 Å². The number of hydrogen-bond acceptors (Lipinski definition) is 2. The molecule has 0 aliphatic heterocycles. The van der Waals surface area contributed by atoms with Crippen LogP contribution in [-0.2, 0) is 0 Å². The molecule has 1 fully saturated rings. The first kappa shape index (κ1) is 17.2. The van der Waals surface area contributed by atoms with Crippen LogP contribution in [0.1, 0.15) is 50.5 Å². The number of nitrogens with two attached hydrogens (primary N) is 1. The number of benzene rings is 1. The highest BCUT2D eigenvalue weighted by molar-refractivity contribution is 5.85. The van der Waals surface area contributed by atoms with E-state index in [4.69, 9.17) is 5.73 Å². The highest BCUT2D eigenvalue weighted by Gasteiger charge is 2.24. The van der Waals surface area contributed by atoms with Crippen molar-refractivity contribution in [2.75, 3.05) is 0 Å². The Morgan fingerprint density at radius 3 is 2.64 bits per heavy atom. The minimum atomic E-state index is -0.178. The molecule has 1 aliphatic rings. The Kier molecular flexibility index (Phi) is 5.76. The number of rotatable bonds is 3. The van der Waals surface area contributed by atoms with Gasteiger partial charge in [-0.25, -0.2) is 4.39 Å². The van der Waals surface area contributed by atoms with Crippen LogP contribution in [0, 0.1) is 11.7 Å². The van der Waals surface area contributed by atoms with Crippen molar-refractivity contribution in [3.05, 3.63) is 41.8 Å². The van der Waals surface area contributed by atoms with Crippen molar-refractivity contribution in [2.45, 2.75) is 51.0 Å². The van der Waals surface area contributed by atoms with Gasteiger partial charge in [-0.3, -0.25) is 4.98 Å². The fraction of sp³-hybridized carbons (Fsp3) is 0.500. The molecule has 2 N–H and O–H groups in total. The third-order valence-electron chi connectivity index (χ3n) is 4.73. The van der Waals surface area contributed by atoms with Crippen molar-refractivity contribution in [2.24, 2.45) is 11.7 Å². The quantitative estimate of drug-likeness (QED) is 0.881. The summed E-state index contributed by atoms with van der Waals surface area (Å²) in [5, 5.41) is 0.980. The van der Waals surface area contributed by atoms with E-state index < -0.39 is 0 Å². The molecule has 0 saturated heterocycles. The Labute approximate surface area is 137 Å². The number of aromatic nitrogens is 1. The van der Waals surface area contributed by atoms with Crippen molar-refractivity contribution in [3.8, 4) is 0 Å². The van der Waals surface area contributed by atoms with Crippen molar-refractivity contribution < 1.29 is 4.39 Å². The lowest BCUT2D eigenvalue weighted by atomic mass is 9.76. The first-order chi connectivity index (χ1) is 10.1. The first-order valence-electron chi connectivity index (χ1n) is 7.93. The molecule has 1 saturated carbocycles. The summed E-state index contributed by atoms with van der Waals surface area (Å²) in [5.74, 6) is 1.11. The van der Waals surface area contributed by atoms with E-state index >= 15 is 0 Å². The van der Waals surface area contributed by atoms with Crippen LogP contribution in [0.25, 0.3) is 10.9 Å². The van der Waals surface area contributed by atoms with E-state index in [2.05, 4.69) is 18.0 Å². The van der Waals surface area contributed by atoms with Gasteiger partial charge < -0.3 is 5.73 Å². The van der Waals surface area contributed by atoms with Crippen molar-refractivity contribution in [1.82, 2.24) is 4.98 Å². The summed E-state index contributed by atoms with van der Waals surface area (Å²) in [5.41, 5.74) is 8.07. The van der Waals surface area contributed by atoms with Gasteiger partial charge in [0.1, 0.15) is 5.82 Å². The summed E-state index contributed by atoms with van der Waals surface area (Å²) in [4.78, 5) is 4.35. The lowest BCUT2D eigenvalue weighted by molar-refractivity contribution is 0.298. The van der Waals surface area contributed by atoms with E-state index in [0.29, 0.717) is 12.0 Å². The fourth-order valence-corrected chi connectivity index (χ4v) is 3.73. The molecule has 3 rings (SSSR count). The van der Waals surface area contributed by atoms with Crippen LogP contribution in [-0.4, -0.2) is 11.0 Å². The van der Waals surface area contributed by atoms with Crippen LogP contribution in [0.15, 0.2) is 30.5 Å². The zero-order valence-electron chi connectivity index (χ0n) is 13.0. The zero-order chi connectivity index (χ0) is 14.8. The molecule has 0 bridgehead atoms. The Hall–Kier alpha value is -1.19. The third kappa shape index (κ3) is 3.76. The second-order valence-corrected chi connectivity index (χ2v) is 6.49. The minimum absolute atomic E-state index is 0. The molecule has 1 unspecified atom stereocenters. The summed E-state index contributed by atoms with van der Waals surface area (Å²) in [6.07, 6.45) is 7.78. The molecular formula is C18H24ClFN2. The molecule has 1 aromatic carbocycles. The number of fused-ring (bicyclic) bond motifs is 1. The van der Waals surface area contributed by atoms with Crippen molar-refractivity contribution in [1.29, 1.82) is 0 Å². The molecule has 0 radical (unpaired) electrons. The van der Waals surface area contributed by atoms with Crippen molar-refractivity contribution >= 4 is 23.3 Å². The highest BCUT2D eigenvalue weighted by Crippen LogP contribution is 2.39. The average molecular weight is 323 g/mol. The topological polar surface area (TPSA) is 38.9 Å². The molecular weight excluding hydrogens is 299 g/mol. The van der Waals surface area contributed by atoms with Gasteiger partial charge in [-0.15, -0.1) is 12.4 Å². The average Bonchev–Trinajstić information content (AvgIpc) is 2.47. The molecule has 1 aromatic heterocycles. The van der Waals surface area contributed by atoms with Gasteiger partial charge in [0.2, 0.25) is 0 Å². The molecule has 2 aromatic rings. The Bertz CT molecular complexity index is 622. The van der Waals surface area contributed by atoms with E-state index in [1.807, 2.05) is 6.20 Å². The summed E-state index contributed by atoms with van der Waals surface area (Å²) >= 11 is 0. The lowest BCUT2D eigenvalue weighted by Gasteiger charge is -2.30. The minimum Gasteiger partial charge on any atom is -0.328 e. The third-order valence-corrected chi connectivity index (χ3v) is 4.73. The largest absolute Gasteiger partial charge is 0.328 e. The maximum absolute atomic E-state index is 13.5. The van der Waals surface area contributed by atoms with Gasteiger partial charge in [0.05, 0.1) is 5.52 Å². The van der Waals surface area contributed by atoms with Gasteiger partial charge in [-0.05, 0) is 80.7 Å². The Morgan fingerprint density at radius 2 is 1.95 bits per heavy atom. The molecule has 4 heteroatoms. The normalized spacial score (nSPS) is 23.0. The lowest BCUT2D eigenvalue weighted by Crippen LogP contribution is -2.22. The SMILES string of the molecule is CC(N)C[C@H]1CC[C@H](c2ccnc3ccc(F)cc32)CC1.Cl. The van der Waals surface area contributed by atoms with Crippen LogP contribution in [0.4, 0.5) is 4.39 Å². The molecule has 1 aliphatic carbocycles. The van der Waals surface area contributed by atoms with Gasteiger partial charge in [0.15, 0.2) is 0 Å². The number of nitrogens with zero attached hydrogens (tertiary/aromatic N) is 1. The molecule has 0 amide bonds. The molecule has 120 valence electrons. The van der Waals surface area contributed by atoms with Gasteiger partial charge in [0, 0.05) is 17.6 Å². The maximum atomic E-state index is 13.5. The van der Waals surface area contributed by atoms with Gasteiger partial charge in [-0.1, -0.05) is 0 Å². The maximum Gasteiger partial charge on any atom is 0.123 e. The number of pyridine rings is 1. The summed E-state index contributed by atoms with van der Waals surface area (Å²) in [6, 6.07) is 7.25. The summed E-state index contributed by atoms with van der Waals surface area (Å²) in [7, 11) is 0. The van der Waals surface area contributed by atoms with Crippen LogP contribution in [0.2, 0.25) is 0 Å². The van der Waals surface area contributed by atoms with Crippen molar-refractivity contribution in [3.63, 3.8) is 0 Å². The fourth-order valence-electron chi connectivity index (χ4n) is 3.73. The van der Waals surface area contributed by atoms with Gasteiger partial charge in [0.25, 0.3) is 0 Å². The van der Waals surface area contributed by atoms with Gasteiger partial charge in [-0.2, -0.15) is 0 Å². The number of hydrogen-bond donors (Lipinski definition) is 1. The second kappa shape index (κ2) is 7.38. The first-order valence-corrected chi connectivity index (χ1v) is 7.93. The summed E-state index contributed by atoms with van der Waals surface area (Å²) < 4.78 is 13.5. The molecule has 0 spiro atoms. The van der Waals surface area contributed by atoms with E-state index in [9.17, 15) is 4.39 Å². The molecule has 2 nitrogen and oxygen atoms in total. The van der Waals surface area contributed by atoms with E-state index in [1.54, 1.807) is 12.1 Å². The second-order valence-electron chi connectivity index (χ2n) is 6.49. The highest BCUT2D eigenvalue weighted by atomic mass is 35.5. The standard InChI is InChI=1S/C18H23FN2.ClH/c1-12(20)10-13-2-4-14(5-3-13)16-8-9-21-18-7-6-15(19)11-17(16)18;/h6-9,11-14H,2-5,10,20H2,1H3;1H/t12?,13-,14-;. The summed E-state index contributed by atoms with van der Waals surface area (Å²) in [6.45, 7) is 2.09. The molecule has 22 heavy (non-hydrogen) atoms. The molecule has 1 atom stereocenters. The monoisotopic (exact) mass is 322 g/mol. The van der Waals surface area contributed by atoms with E-state index in [1.165, 1.54) is 37.3 Å². The van der Waals surface area contributed by atoms with Crippen LogP contribution >= 0.6 is 12.4 Å². The van der Waals surface area contributed by atoms with Crippen LogP contribution in [0.3, 0.4) is 0 Å². The predicted molar refractivity (Wildman–Crippen MR) is 91.9 cm³/mol. The van der Waals surface area contributed by atoms with Gasteiger partial charge >= 0.3 is 0 Å².